The van der Waals surface area contributed by atoms with E-state index in [1.807, 2.05) is 18.2 Å². The van der Waals surface area contributed by atoms with Gasteiger partial charge in [0.25, 0.3) is 0 Å². The number of nitrogens with zero attached hydrogens (tertiary/aromatic N) is 1. The van der Waals surface area contributed by atoms with E-state index in [0.29, 0.717) is 35.7 Å². The van der Waals surface area contributed by atoms with Gasteiger partial charge in [-0.2, -0.15) is 0 Å². The standard InChI is InChI=1S/C38H55N3O7Si/c1-8-20-47-38(44)40-35-31-24-30(18-19-33(31)41-36(35)32(25-34(42)45-9-2)39-28(7)37(41)43)46-21-14-22-48-49(26(3)4,27(5)6)23-13-17-29-15-11-10-12-16-29/h8,10-12,15-16,18-19,24,26-28,32,35-36,39H,1,9,13-14,17,20-23,25H2,2-7H3,(H,40,44)/t28-,32-,35-,36+/m0/s1. The molecule has 0 unspecified atom stereocenters. The average Bonchev–Trinajstić information content (AvgIpc) is 3.38. The van der Waals surface area contributed by atoms with Crippen molar-refractivity contribution in [1.29, 1.82) is 0 Å². The number of ether oxygens (including phenoxy) is 3. The van der Waals surface area contributed by atoms with Crippen LogP contribution in [0.25, 0.3) is 0 Å². The molecule has 2 aliphatic heterocycles. The second-order valence-corrected chi connectivity index (χ2v) is 18.6. The molecule has 49 heavy (non-hydrogen) atoms. The Kier molecular flexibility index (Phi) is 13.9. The molecular weight excluding hydrogens is 639 g/mol. The van der Waals surface area contributed by atoms with E-state index in [1.54, 1.807) is 18.7 Å². The van der Waals surface area contributed by atoms with Crippen LogP contribution in [0.15, 0.2) is 61.2 Å². The third-order valence-corrected chi connectivity index (χ3v) is 15.6. The van der Waals surface area contributed by atoms with E-state index in [9.17, 15) is 14.4 Å². The molecule has 11 heteroatoms. The quantitative estimate of drug-likeness (QED) is 0.0754. The number of rotatable bonds is 18. The van der Waals surface area contributed by atoms with Crippen molar-refractivity contribution in [2.75, 3.05) is 31.3 Å². The van der Waals surface area contributed by atoms with Crippen LogP contribution in [0.1, 0.15) is 78.0 Å². The van der Waals surface area contributed by atoms with Gasteiger partial charge in [-0.15, -0.1) is 0 Å². The molecule has 4 atom stereocenters. The van der Waals surface area contributed by atoms with E-state index in [0.717, 1.165) is 30.9 Å². The smallest absolute Gasteiger partial charge is 0.408 e. The molecule has 0 bridgehead atoms. The summed E-state index contributed by atoms with van der Waals surface area (Å²) < 4.78 is 23.6. The molecule has 1 saturated heterocycles. The van der Waals surface area contributed by atoms with Crippen LogP contribution in [0.4, 0.5) is 10.5 Å². The fourth-order valence-corrected chi connectivity index (χ4v) is 11.9. The highest BCUT2D eigenvalue weighted by molar-refractivity contribution is 6.76. The van der Waals surface area contributed by atoms with Gasteiger partial charge in [-0.25, -0.2) is 4.79 Å². The number of anilines is 1. The minimum absolute atomic E-state index is 0.0354. The molecule has 2 amide bonds. The molecule has 4 rings (SSSR count). The molecule has 2 heterocycles. The van der Waals surface area contributed by atoms with Crippen molar-refractivity contribution in [2.24, 2.45) is 0 Å². The van der Waals surface area contributed by atoms with Crippen LogP contribution in [0.3, 0.4) is 0 Å². The topological polar surface area (TPSA) is 115 Å². The molecule has 2 aromatic carbocycles. The van der Waals surface area contributed by atoms with Crippen molar-refractivity contribution < 1.29 is 33.0 Å². The highest BCUT2D eigenvalue weighted by Crippen LogP contribution is 2.45. The zero-order valence-corrected chi connectivity index (χ0v) is 31.0. The second kappa shape index (κ2) is 17.8. The summed E-state index contributed by atoms with van der Waals surface area (Å²) >= 11 is 0. The van der Waals surface area contributed by atoms with Crippen molar-refractivity contribution in [3.63, 3.8) is 0 Å². The van der Waals surface area contributed by atoms with Crippen LogP contribution < -0.4 is 20.3 Å². The maximum atomic E-state index is 13.5. The van der Waals surface area contributed by atoms with Gasteiger partial charge in [0.15, 0.2) is 8.32 Å². The Hall–Kier alpha value is -3.67. The predicted octanol–water partition coefficient (Wildman–Crippen LogP) is 6.85. The number of nitrogens with one attached hydrogen (secondary N) is 2. The number of hydrogen-bond acceptors (Lipinski definition) is 8. The number of benzene rings is 2. The summed E-state index contributed by atoms with van der Waals surface area (Å²) in [5.74, 6) is 0.0990. The van der Waals surface area contributed by atoms with Crippen molar-refractivity contribution in [1.82, 2.24) is 10.6 Å². The van der Waals surface area contributed by atoms with Gasteiger partial charge in [0, 0.05) is 30.3 Å². The first-order chi connectivity index (χ1) is 23.5. The van der Waals surface area contributed by atoms with Crippen molar-refractivity contribution in [3.05, 3.63) is 72.3 Å². The fourth-order valence-electron chi connectivity index (χ4n) is 7.38. The maximum absolute atomic E-state index is 13.5. The summed E-state index contributed by atoms with van der Waals surface area (Å²) in [5.41, 5.74) is 3.75. The third kappa shape index (κ3) is 9.32. The first-order valence-corrected chi connectivity index (χ1v) is 20.0. The van der Waals surface area contributed by atoms with Crippen LogP contribution in [0.5, 0.6) is 5.75 Å². The lowest BCUT2D eigenvalue weighted by molar-refractivity contribution is -0.144. The number of carbonyl (C=O) groups is 3. The van der Waals surface area contributed by atoms with Gasteiger partial charge in [-0.1, -0.05) is 70.7 Å². The number of hydrogen-bond donors (Lipinski definition) is 2. The normalized spacial score (nSPS) is 20.2. The SMILES string of the molecule is C=CCOC(=O)N[C@H]1c2cc(OCCCO[Si](CCCc3ccccc3)(C(C)C)C(C)C)ccc2N2C(=O)[C@H](C)N[C@@H](CC(=O)OCC)[C@H]12. The summed E-state index contributed by atoms with van der Waals surface area (Å²) in [7, 11) is -2.03. The van der Waals surface area contributed by atoms with E-state index in [2.05, 4.69) is 75.2 Å². The third-order valence-electron chi connectivity index (χ3n) is 9.77. The molecule has 0 radical (unpaired) electrons. The largest absolute Gasteiger partial charge is 0.493 e. The zero-order valence-electron chi connectivity index (χ0n) is 30.0. The lowest BCUT2D eigenvalue weighted by atomic mass is 9.92. The molecular formula is C38H55N3O7Si. The molecule has 0 aromatic heterocycles. The van der Waals surface area contributed by atoms with Gasteiger partial charge in [-0.3, -0.25) is 9.59 Å². The molecule has 0 spiro atoms. The van der Waals surface area contributed by atoms with Crippen molar-refractivity contribution >= 4 is 32.0 Å². The van der Waals surface area contributed by atoms with Gasteiger partial charge >= 0.3 is 12.1 Å². The number of aryl methyl sites for hydroxylation is 1. The Morgan fingerprint density at radius 3 is 2.45 bits per heavy atom. The number of carbonyl (C=O) groups excluding carboxylic acids is 3. The van der Waals surface area contributed by atoms with Crippen molar-refractivity contribution in [2.45, 2.75) is 109 Å². The maximum Gasteiger partial charge on any atom is 0.408 e. The lowest BCUT2D eigenvalue weighted by Crippen LogP contribution is -2.66. The highest BCUT2D eigenvalue weighted by atomic mass is 28.4. The molecule has 2 aliphatic rings. The van der Waals surface area contributed by atoms with Crippen molar-refractivity contribution in [3.8, 4) is 5.75 Å². The fraction of sp³-hybridized carbons (Fsp3) is 0.553. The van der Waals surface area contributed by atoms with Crippen LogP contribution in [-0.4, -0.2) is 70.8 Å². The van der Waals surface area contributed by atoms with Gasteiger partial charge in [0.05, 0.1) is 37.8 Å². The summed E-state index contributed by atoms with van der Waals surface area (Å²) in [5, 5.41) is 6.22. The molecule has 2 N–H and O–H groups in total. The predicted molar refractivity (Wildman–Crippen MR) is 194 cm³/mol. The Labute approximate surface area is 293 Å². The monoisotopic (exact) mass is 693 g/mol. The van der Waals surface area contributed by atoms with Gasteiger partial charge in [0.1, 0.15) is 12.4 Å². The molecule has 0 saturated carbocycles. The minimum Gasteiger partial charge on any atom is -0.493 e. The highest BCUT2D eigenvalue weighted by Gasteiger charge is 2.51. The van der Waals surface area contributed by atoms with Crippen LogP contribution in [-0.2, 0) is 29.9 Å². The van der Waals surface area contributed by atoms with Crippen LogP contribution >= 0.6 is 0 Å². The van der Waals surface area contributed by atoms with E-state index >= 15 is 0 Å². The lowest BCUT2D eigenvalue weighted by Gasteiger charge is -2.42. The number of fused-ring (bicyclic) bond motifs is 3. The van der Waals surface area contributed by atoms with E-state index in [1.165, 1.54) is 11.6 Å². The Bertz CT molecular complexity index is 1410. The summed E-state index contributed by atoms with van der Waals surface area (Å²) in [6, 6.07) is 15.1. The van der Waals surface area contributed by atoms with E-state index in [-0.39, 0.29) is 31.5 Å². The summed E-state index contributed by atoms with van der Waals surface area (Å²) in [6.07, 6.45) is 3.78. The number of amides is 2. The van der Waals surface area contributed by atoms with E-state index < -0.39 is 38.6 Å². The summed E-state index contributed by atoms with van der Waals surface area (Å²) in [4.78, 5) is 40.6. The molecule has 1 fully saturated rings. The molecule has 268 valence electrons. The first-order valence-electron chi connectivity index (χ1n) is 17.8. The van der Waals surface area contributed by atoms with Crippen LogP contribution in [0, 0.1) is 0 Å². The Morgan fingerprint density at radius 2 is 1.78 bits per heavy atom. The number of piperazine rings is 1. The Morgan fingerprint density at radius 1 is 1.04 bits per heavy atom. The average molecular weight is 694 g/mol. The zero-order chi connectivity index (χ0) is 35.6. The number of alkyl carbamates (subject to hydrolysis) is 1. The van der Waals surface area contributed by atoms with Gasteiger partial charge in [0.2, 0.25) is 5.91 Å². The second-order valence-electron chi connectivity index (χ2n) is 13.6. The van der Waals surface area contributed by atoms with E-state index in [4.69, 9.17) is 18.6 Å². The summed E-state index contributed by atoms with van der Waals surface area (Å²) in [6.45, 7) is 17.7. The van der Waals surface area contributed by atoms with Gasteiger partial charge < -0.3 is 34.2 Å². The molecule has 0 aliphatic carbocycles. The van der Waals surface area contributed by atoms with Gasteiger partial charge in [-0.05, 0) is 67.6 Å². The molecule has 10 nitrogen and oxygen atoms in total. The molecule has 2 aromatic rings. The Balaban J connectivity index is 1.45. The first kappa shape index (κ1) is 38.1. The minimum atomic E-state index is -2.03. The van der Waals surface area contributed by atoms with Crippen LogP contribution in [0.2, 0.25) is 17.1 Å². The number of esters is 1.